The molecule has 3 heteroatoms. The Morgan fingerprint density at radius 3 is 2.47 bits per heavy atom. The first-order chi connectivity index (χ1) is 6.93. The van der Waals surface area contributed by atoms with Gasteiger partial charge in [-0.25, -0.2) is 0 Å². The normalized spacial score (nSPS) is 11.9. The van der Waals surface area contributed by atoms with E-state index in [0.717, 1.165) is 0 Å². The molecule has 0 aliphatic carbocycles. The molecule has 0 bridgehead atoms. The predicted molar refractivity (Wildman–Crippen MR) is 58.6 cm³/mol. The maximum absolute atomic E-state index is 10.8. The topological polar surface area (TPSA) is 57.5 Å². The number of carboxylic acid groups (broad SMARTS) is 1. The van der Waals surface area contributed by atoms with Crippen LogP contribution >= 0.6 is 0 Å². The molecule has 0 radical (unpaired) electrons. The van der Waals surface area contributed by atoms with Gasteiger partial charge < -0.3 is 10.2 Å². The van der Waals surface area contributed by atoms with Crippen LogP contribution < -0.4 is 0 Å². The summed E-state index contributed by atoms with van der Waals surface area (Å²) in [5.74, 6) is -0.746. The molecule has 0 saturated carbocycles. The molecule has 0 aliphatic rings. The summed E-state index contributed by atoms with van der Waals surface area (Å²) in [7, 11) is 0. The van der Waals surface area contributed by atoms with Crippen LogP contribution in [0.4, 0.5) is 0 Å². The van der Waals surface area contributed by atoms with Crippen molar-refractivity contribution in [3.05, 3.63) is 35.9 Å². The third kappa shape index (κ3) is 2.84. The van der Waals surface area contributed by atoms with E-state index in [2.05, 4.69) is 0 Å². The number of hydrogen-bond donors (Lipinski definition) is 2. The number of para-hydroxylation sites is 1. The van der Waals surface area contributed by atoms with Gasteiger partial charge in [0.2, 0.25) is 0 Å². The lowest BCUT2D eigenvalue weighted by Gasteiger charge is -2.13. The lowest BCUT2D eigenvalue weighted by Crippen LogP contribution is -2.20. The van der Waals surface area contributed by atoms with Crippen LogP contribution in [0.3, 0.4) is 0 Å². The van der Waals surface area contributed by atoms with Gasteiger partial charge in [0, 0.05) is 5.56 Å². The molecule has 80 valence electrons. The van der Waals surface area contributed by atoms with Crippen molar-refractivity contribution in [2.75, 3.05) is 0 Å². The predicted octanol–water partition coefficient (Wildman–Crippen LogP) is 2.52. The first-order valence-corrected chi connectivity index (χ1v) is 4.64. The molecule has 0 amide bonds. The lowest BCUT2D eigenvalue weighted by molar-refractivity contribution is -0.144. The minimum atomic E-state index is -0.928. The Balaban J connectivity index is 2.92. The molecule has 0 spiro atoms. The van der Waals surface area contributed by atoms with E-state index >= 15 is 0 Å². The zero-order valence-electron chi connectivity index (χ0n) is 8.77. The Labute approximate surface area is 88.7 Å². The number of benzene rings is 1. The van der Waals surface area contributed by atoms with Crippen molar-refractivity contribution in [1.82, 2.24) is 0 Å². The van der Waals surface area contributed by atoms with Crippen molar-refractivity contribution in [3.8, 4) is 5.75 Å². The van der Waals surface area contributed by atoms with E-state index < -0.39 is 11.4 Å². The quantitative estimate of drug-likeness (QED) is 0.798. The largest absolute Gasteiger partial charge is 0.507 e. The second kappa shape index (κ2) is 4.17. The molecule has 0 aromatic heterocycles. The molecular weight excluding hydrogens is 192 g/mol. The molecule has 3 nitrogen and oxygen atoms in total. The summed E-state index contributed by atoms with van der Waals surface area (Å²) < 4.78 is 0. The molecule has 15 heavy (non-hydrogen) atoms. The zero-order chi connectivity index (χ0) is 11.5. The third-order valence-electron chi connectivity index (χ3n) is 2.17. The van der Waals surface area contributed by atoms with Gasteiger partial charge >= 0.3 is 5.97 Å². The van der Waals surface area contributed by atoms with Crippen molar-refractivity contribution in [1.29, 1.82) is 0 Å². The fourth-order valence-corrected chi connectivity index (χ4v) is 0.998. The van der Waals surface area contributed by atoms with Crippen molar-refractivity contribution in [2.24, 2.45) is 5.41 Å². The summed E-state index contributed by atoms with van der Waals surface area (Å²) in [5.41, 5.74) is -0.311. The number of aromatic hydroxyl groups is 1. The summed E-state index contributed by atoms with van der Waals surface area (Å²) in [6.45, 7) is 3.21. The first-order valence-electron chi connectivity index (χ1n) is 4.64. The fourth-order valence-electron chi connectivity index (χ4n) is 0.998. The highest BCUT2D eigenvalue weighted by Crippen LogP contribution is 2.22. The van der Waals surface area contributed by atoms with E-state index in [9.17, 15) is 9.90 Å². The molecule has 2 N–H and O–H groups in total. The highest BCUT2D eigenvalue weighted by molar-refractivity contribution is 5.77. The first kappa shape index (κ1) is 11.3. The van der Waals surface area contributed by atoms with Gasteiger partial charge in [-0.15, -0.1) is 0 Å². The van der Waals surface area contributed by atoms with E-state index in [1.807, 2.05) is 0 Å². The highest BCUT2D eigenvalue weighted by atomic mass is 16.4. The van der Waals surface area contributed by atoms with Gasteiger partial charge in [-0.05, 0) is 19.9 Å². The Hall–Kier alpha value is -1.77. The van der Waals surface area contributed by atoms with Crippen molar-refractivity contribution in [2.45, 2.75) is 13.8 Å². The maximum atomic E-state index is 10.8. The van der Waals surface area contributed by atoms with Crippen molar-refractivity contribution >= 4 is 12.0 Å². The minimum absolute atomic E-state index is 0.148. The second-order valence-electron chi connectivity index (χ2n) is 3.92. The smallest absolute Gasteiger partial charge is 0.312 e. The lowest BCUT2D eigenvalue weighted by atomic mass is 9.92. The van der Waals surface area contributed by atoms with Crippen molar-refractivity contribution < 1.29 is 15.0 Å². The zero-order valence-corrected chi connectivity index (χ0v) is 8.77. The highest BCUT2D eigenvalue weighted by Gasteiger charge is 2.23. The van der Waals surface area contributed by atoms with E-state index in [4.69, 9.17) is 5.11 Å². The molecule has 1 aromatic rings. The van der Waals surface area contributed by atoms with Crippen LogP contribution in [-0.4, -0.2) is 16.2 Å². The molecule has 0 unspecified atom stereocenters. The Morgan fingerprint density at radius 2 is 1.93 bits per heavy atom. The molecule has 0 fully saturated rings. The average molecular weight is 206 g/mol. The minimum Gasteiger partial charge on any atom is -0.507 e. The number of aliphatic carboxylic acids is 1. The summed E-state index contributed by atoms with van der Waals surface area (Å²) in [6.07, 6.45) is 3.17. The number of carboxylic acids is 1. The second-order valence-corrected chi connectivity index (χ2v) is 3.92. The molecule has 0 aliphatic heterocycles. The van der Waals surface area contributed by atoms with Gasteiger partial charge in [-0.2, -0.15) is 0 Å². The van der Waals surface area contributed by atoms with Crippen LogP contribution in [0.15, 0.2) is 30.3 Å². The van der Waals surface area contributed by atoms with E-state index in [1.165, 1.54) is 0 Å². The van der Waals surface area contributed by atoms with Crippen LogP contribution in [0.5, 0.6) is 5.75 Å². The summed E-state index contributed by atoms with van der Waals surface area (Å²) >= 11 is 0. The molecule has 0 saturated heterocycles. The number of rotatable bonds is 3. The molecule has 0 heterocycles. The Bertz CT molecular complexity index is 392. The SMILES string of the molecule is CC(C)(/C=C\c1ccccc1O)C(=O)O. The number of carbonyl (C=O) groups is 1. The standard InChI is InChI=1S/C12H14O3/c1-12(2,11(14)15)8-7-9-5-3-4-6-10(9)13/h3-8,13H,1-2H3,(H,14,15)/b8-7-. The van der Waals surface area contributed by atoms with Gasteiger partial charge in [0.15, 0.2) is 0 Å². The third-order valence-corrected chi connectivity index (χ3v) is 2.17. The van der Waals surface area contributed by atoms with Gasteiger partial charge in [0.1, 0.15) is 5.75 Å². The number of phenols is 1. The van der Waals surface area contributed by atoms with Gasteiger partial charge in [0.05, 0.1) is 5.41 Å². The Kier molecular flexibility index (Phi) is 3.14. The van der Waals surface area contributed by atoms with Gasteiger partial charge in [-0.3, -0.25) is 4.79 Å². The van der Waals surface area contributed by atoms with Crippen LogP contribution in [0.25, 0.3) is 6.08 Å². The fraction of sp³-hybridized carbons (Fsp3) is 0.250. The van der Waals surface area contributed by atoms with Gasteiger partial charge in [-0.1, -0.05) is 30.4 Å². The number of phenolic OH excluding ortho intramolecular Hbond substituents is 1. The average Bonchev–Trinajstić information content (AvgIpc) is 2.16. The summed E-state index contributed by atoms with van der Waals surface area (Å²) in [6, 6.07) is 6.79. The van der Waals surface area contributed by atoms with Crippen LogP contribution in [-0.2, 0) is 4.79 Å². The molecule has 1 rings (SSSR count). The summed E-state index contributed by atoms with van der Waals surface area (Å²) in [4.78, 5) is 10.8. The Morgan fingerprint density at radius 1 is 1.33 bits per heavy atom. The van der Waals surface area contributed by atoms with Gasteiger partial charge in [0.25, 0.3) is 0 Å². The van der Waals surface area contributed by atoms with Crippen molar-refractivity contribution in [3.63, 3.8) is 0 Å². The van der Waals surface area contributed by atoms with E-state index in [-0.39, 0.29) is 5.75 Å². The number of hydrogen-bond acceptors (Lipinski definition) is 2. The van der Waals surface area contributed by atoms with Crippen LogP contribution in [0.2, 0.25) is 0 Å². The maximum Gasteiger partial charge on any atom is 0.312 e. The van der Waals surface area contributed by atoms with E-state index in [1.54, 1.807) is 50.3 Å². The molecular formula is C12H14O3. The monoisotopic (exact) mass is 206 g/mol. The molecule has 1 aromatic carbocycles. The van der Waals surface area contributed by atoms with Crippen LogP contribution in [0, 0.1) is 5.41 Å². The summed E-state index contributed by atoms with van der Waals surface area (Å²) in [5, 5.41) is 18.3. The molecule has 0 atom stereocenters. The van der Waals surface area contributed by atoms with Crippen LogP contribution in [0.1, 0.15) is 19.4 Å². The van der Waals surface area contributed by atoms with E-state index in [0.29, 0.717) is 5.56 Å².